The molecule has 0 atom stereocenters. The third kappa shape index (κ3) is 1.80. The Morgan fingerprint density at radius 2 is 1.73 bits per heavy atom. The van der Waals surface area contributed by atoms with E-state index in [1.165, 1.54) is 6.07 Å². The zero-order chi connectivity index (χ0) is 10.8. The maximum Gasteiger partial charge on any atom is 0.128 e. The van der Waals surface area contributed by atoms with E-state index in [4.69, 9.17) is 0 Å². The van der Waals surface area contributed by atoms with Crippen molar-refractivity contribution in [3.05, 3.63) is 54.1 Å². The van der Waals surface area contributed by atoms with Gasteiger partial charge in [0.15, 0.2) is 0 Å². The van der Waals surface area contributed by atoms with Crippen molar-refractivity contribution in [2.45, 2.75) is 19.8 Å². The molecule has 1 aromatic carbocycles. The normalized spacial score (nSPS) is 10.9. The number of nitrogens with zero attached hydrogens (tertiary/aromatic N) is 1. The standard InChI is InChI=1S/C13H14FN/c1-10(2)13-11(14)6-5-7-12(13)15-8-3-4-9-15/h3-10H,1-2H3. The van der Waals surface area contributed by atoms with E-state index in [-0.39, 0.29) is 11.7 Å². The van der Waals surface area contributed by atoms with Gasteiger partial charge in [0.2, 0.25) is 0 Å². The lowest BCUT2D eigenvalue weighted by molar-refractivity contribution is 0.596. The highest BCUT2D eigenvalue weighted by Crippen LogP contribution is 2.25. The summed E-state index contributed by atoms with van der Waals surface area (Å²) in [6.07, 6.45) is 3.86. The van der Waals surface area contributed by atoms with Crippen LogP contribution in [-0.2, 0) is 0 Å². The summed E-state index contributed by atoms with van der Waals surface area (Å²) in [5.41, 5.74) is 1.70. The Bertz CT molecular complexity index is 444. The van der Waals surface area contributed by atoms with E-state index in [1.807, 2.05) is 49.0 Å². The van der Waals surface area contributed by atoms with E-state index in [0.29, 0.717) is 0 Å². The molecule has 1 nitrogen and oxygen atoms in total. The number of benzene rings is 1. The van der Waals surface area contributed by atoms with E-state index in [1.54, 1.807) is 6.07 Å². The Morgan fingerprint density at radius 3 is 2.33 bits per heavy atom. The number of halogens is 1. The minimum absolute atomic E-state index is 0.129. The number of hydrogen-bond acceptors (Lipinski definition) is 0. The van der Waals surface area contributed by atoms with Gasteiger partial charge in [-0.1, -0.05) is 19.9 Å². The first-order valence-corrected chi connectivity index (χ1v) is 5.12. The fourth-order valence-electron chi connectivity index (χ4n) is 1.82. The zero-order valence-corrected chi connectivity index (χ0v) is 8.94. The molecule has 0 N–H and O–H groups in total. The molecule has 0 saturated heterocycles. The van der Waals surface area contributed by atoms with Crippen LogP contribution >= 0.6 is 0 Å². The van der Waals surface area contributed by atoms with Gasteiger partial charge in [-0.05, 0) is 30.2 Å². The van der Waals surface area contributed by atoms with Gasteiger partial charge in [-0.15, -0.1) is 0 Å². The second-order valence-corrected chi connectivity index (χ2v) is 3.92. The molecule has 0 spiro atoms. The minimum Gasteiger partial charge on any atom is -0.323 e. The third-order valence-corrected chi connectivity index (χ3v) is 2.49. The second-order valence-electron chi connectivity index (χ2n) is 3.92. The van der Waals surface area contributed by atoms with Crippen LogP contribution < -0.4 is 0 Å². The van der Waals surface area contributed by atoms with Crippen molar-refractivity contribution in [1.82, 2.24) is 4.57 Å². The summed E-state index contributed by atoms with van der Waals surface area (Å²) in [4.78, 5) is 0. The highest BCUT2D eigenvalue weighted by atomic mass is 19.1. The first-order chi connectivity index (χ1) is 7.20. The molecule has 78 valence electrons. The van der Waals surface area contributed by atoms with Gasteiger partial charge < -0.3 is 4.57 Å². The molecule has 1 heterocycles. The van der Waals surface area contributed by atoms with Crippen molar-refractivity contribution >= 4 is 0 Å². The molecule has 0 bridgehead atoms. The molecule has 0 saturated carbocycles. The molecule has 0 unspecified atom stereocenters. The molecule has 0 radical (unpaired) electrons. The van der Waals surface area contributed by atoms with E-state index in [0.717, 1.165) is 11.3 Å². The van der Waals surface area contributed by atoms with E-state index >= 15 is 0 Å². The van der Waals surface area contributed by atoms with E-state index in [9.17, 15) is 4.39 Å². The van der Waals surface area contributed by atoms with Crippen LogP contribution in [-0.4, -0.2) is 4.57 Å². The lowest BCUT2D eigenvalue weighted by atomic mass is 10.0. The first-order valence-electron chi connectivity index (χ1n) is 5.12. The van der Waals surface area contributed by atoms with Crippen LogP contribution in [0.4, 0.5) is 4.39 Å². The Labute approximate surface area is 89.2 Å². The van der Waals surface area contributed by atoms with Gasteiger partial charge in [-0.2, -0.15) is 0 Å². The topological polar surface area (TPSA) is 4.93 Å². The summed E-state index contributed by atoms with van der Waals surface area (Å²) >= 11 is 0. The molecule has 0 fully saturated rings. The lowest BCUT2D eigenvalue weighted by Gasteiger charge is -2.14. The van der Waals surface area contributed by atoms with E-state index < -0.39 is 0 Å². The van der Waals surface area contributed by atoms with Gasteiger partial charge in [-0.25, -0.2) is 4.39 Å². The Morgan fingerprint density at radius 1 is 1.07 bits per heavy atom. The SMILES string of the molecule is CC(C)c1c(F)cccc1-n1cccc1. The van der Waals surface area contributed by atoms with Crippen LogP contribution in [0.5, 0.6) is 0 Å². The van der Waals surface area contributed by atoms with Crippen molar-refractivity contribution in [1.29, 1.82) is 0 Å². The monoisotopic (exact) mass is 203 g/mol. The predicted octanol–water partition coefficient (Wildman–Crippen LogP) is 3.74. The van der Waals surface area contributed by atoms with Gasteiger partial charge in [0, 0.05) is 18.0 Å². The zero-order valence-electron chi connectivity index (χ0n) is 8.94. The first kappa shape index (κ1) is 9.97. The molecule has 1 aromatic heterocycles. The minimum atomic E-state index is -0.129. The molecule has 0 amide bonds. The average molecular weight is 203 g/mol. The van der Waals surface area contributed by atoms with Crippen molar-refractivity contribution in [2.24, 2.45) is 0 Å². The summed E-state index contributed by atoms with van der Waals surface area (Å²) < 4.78 is 15.6. The molecule has 2 heteroatoms. The number of aromatic nitrogens is 1. The van der Waals surface area contributed by atoms with Gasteiger partial charge in [0.1, 0.15) is 5.82 Å². The van der Waals surface area contributed by atoms with Gasteiger partial charge in [0.25, 0.3) is 0 Å². The van der Waals surface area contributed by atoms with Gasteiger partial charge in [0.05, 0.1) is 5.69 Å². The van der Waals surface area contributed by atoms with Crippen LogP contribution in [0.2, 0.25) is 0 Å². The quantitative estimate of drug-likeness (QED) is 0.700. The van der Waals surface area contributed by atoms with Crippen LogP contribution in [0.25, 0.3) is 5.69 Å². The maximum atomic E-state index is 13.7. The molecule has 0 aliphatic rings. The van der Waals surface area contributed by atoms with Gasteiger partial charge >= 0.3 is 0 Å². The second kappa shape index (κ2) is 3.89. The fourth-order valence-corrected chi connectivity index (χ4v) is 1.82. The smallest absolute Gasteiger partial charge is 0.128 e. The highest BCUT2D eigenvalue weighted by molar-refractivity contribution is 5.44. The molecule has 2 rings (SSSR count). The average Bonchev–Trinajstić information content (AvgIpc) is 2.69. The van der Waals surface area contributed by atoms with E-state index in [2.05, 4.69) is 0 Å². The molecule has 0 aliphatic heterocycles. The van der Waals surface area contributed by atoms with Crippen LogP contribution in [0.3, 0.4) is 0 Å². The summed E-state index contributed by atoms with van der Waals surface area (Å²) in [6, 6.07) is 9.08. The predicted molar refractivity (Wildman–Crippen MR) is 59.8 cm³/mol. The van der Waals surface area contributed by atoms with Crippen molar-refractivity contribution in [2.75, 3.05) is 0 Å². The number of rotatable bonds is 2. The molecule has 15 heavy (non-hydrogen) atoms. The highest BCUT2D eigenvalue weighted by Gasteiger charge is 2.12. The lowest BCUT2D eigenvalue weighted by Crippen LogP contribution is -2.02. The Hall–Kier alpha value is -1.57. The Balaban J connectivity index is 2.61. The summed E-state index contributed by atoms with van der Waals surface area (Å²) in [5, 5.41) is 0. The third-order valence-electron chi connectivity index (χ3n) is 2.49. The number of hydrogen-bond donors (Lipinski definition) is 0. The fraction of sp³-hybridized carbons (Fsp3) is 0.231. The van der Waals surface area contributed by atoms with Crippen molar-refractivity contribution in [3.63, 3.8) is 0 Å². The largest absolute Gasteiger partial charge is 0.323 e. The summed E-state index contributed by atoms with van der Waals surface area (Å²) in [5.74, 6) is 0.0554. The van der Waals surface area contributed by atoms with Gasteiger partial charge in [-0.3, -0.25) is 0 Å². The van der Waals surface area contributed by atoms with Crippen LogP contribution in [0, 0.1) is 5.82 Å². The Kier molecular flexibility index (Phi) is 2.58. The molecular weight excluding hydrogens is 189 g/mol. The van der Waals surface area contributed by atoms with Crippen LogP contribution in [0.15, 0.2) is 42.7 Å². The van der Waals surface area contributed by atoms with Crippen LogP contribution in [0.1, 0.15) is 25.3 Å². The molecule has 2 aromatic rings. The van der Waals surface area contributed by atoms with Crippen molar-refractivity contribution in [3.8, 4) is 5.69 Å². The maximum absolute atomic E-state index is 13.7. The molecule has 0 aliphatic carbocycles. The summed E-state index contributed by atoms with van der Waals surface area (Å²) in [7, 11) is 0. The van der Waals surface area contributed by atoms with Crippen molar-refractivity contribution < 1.29 is 4.39 Å². The summed E-state index contributed by atoms with van der Waals surface area (Å²) in [6.45, 7) is 4.01. The molecular formula is C13H14FN.